The lowest BCUT2D eigenvalue weighted by molar-refractivity contribution is 0.0951. The zero-order valence-electron chi connectivity index (χ0n) is 13.8. The normalized spacial score (nSPS) is 10.8. The molecule has 1 aromatic heterocycles. The summed E-state index contributed by atoms with van der Waals surface area (Å²) in [7, 11) is 0. The minimum Gasteiger partial charge on any atom is -0.355 e. The summed E-state index contributed by atoms with van der Waals surface area (Å²) in [5.74, 6) is 0.797. The van der Waals surface area contributed by atoms with Gasteiger partial charge in [-0.15, -0.1) is 0 Å². The first-order valence-electron chi connectivity index (χ1n) is 8.02. The smallest absolute Gasteiger partial charge is 0.257 e. The van der Waals surface area contributed by atoms with Crippen molar-refractivity contribution >= 4 is 5.91 Å². The Bertz CT molecular complexity index is 805. The van der Waals surface area contributed by atoms with Crippen molar-refractivity contribution in [3.05, 3.63) is 77.5 Å². The van der Waals surface area contributed by atoms with E-state index >= 15 is 0 Å². The van der Waals surface area contributed by atoms with Crippen molar-refractivity contribution in [2.75, 3.05) is 0 Å². The van der Waals surface area contributed by atoms with Crippen LogP contribution in [0.4, 0.5) is 0 Å². The highest BCUT2D eigenvalue weighted by atomic mass is 16.5. The van der Waals surface area contributed by atoms with E-state index in [2.05, 4.69) is 36.5 Å². The van der Waals surface area contributed by atoms with Gasteiger partial charge in [-0.3, -0.25) is 4.79 Å². The van der Waals surface area contributed by atoms with Gasteiger partial charge in [0.1, 0.15) is 5.56 Å². The molecule has 0 saturated heterocycles. The van der Waals surface area contributed by atoms with Crippen molar-refractivity contribution in [2.45, 2.75) is 26.3 Å². The molecular formula is C20H20N2O2. The number of nitrogens with one attached hydrogen (secondary N) is 1. The van der Waals surface area contributed by atoms with Crippen molar-refractivity contribution < 1.29 is 9.32 Å². The zero-order valence-corrected chi connectivity index (χ0v) is 13.8. The maximum absolute atomic E-state index is 12.4. The van der Waals surface area contributed by atoms with Crippen LogP contribution < -0.4 is 5.32 Å². The van der Waals surface area contributed by atoms with Crippen molar-refractivity contribution in [3.8, 4) is 11.3 Å². The Morgan fingerprint density at radius 1 is 1.08 bits per heavy atom. The molecule has 2 aromatic carbocycles. The number of hydrogen-bond acceptors (Lipinski definition) is 3. The quantitative estimate of drug-likeness (QED) is 0.758. The topological polar surface area (TPSA) is 55.1 Å². The fourth-order valence-electron chi connectivity index (χ4n) is 2.50. The van der Waals surface area contributed by atoms with Gasteiger partial charge in [-0.2, -0.15) is 0 Å². The van der Waals surface area contributed by atoms with E-state index in [1.54, 1.807) is 0 Å². The van der Waals surface area contributed by atoms with Crippen LogP contribution in [0.1, 0.15) is 41.3 Å². The maximum Gasteiger partial charge on any atom is 0.257 e. The number of nitrogens with zero attached hydrogens (tertiary/aromatic N) is 1. The summed E-state index contributed by atoms with van der Waals surface area (Å²) in [5.41, 5.74) is 3.63. The van der Waals surface area contributed by atoms with E-state index < -0.39 is 0 Å². The van der Waals surface area contributed by atoms with Gasteiger partial charge in [0, 0.05) is 12.1 Å². The van der Waals surface area contributed by atoms with E-state index in [0.29, 0.717) is 23.8 Å². The Hall–Kier alpha value is -2.88. The molecular weight excluding hydrogens is 300 g/mol. The SMILES string of the molecule is CC(C)c1ccc(CNC(=O)c2cnoc2-c2ccccc2)cc1. The summed E-state index contributed by atoms with van der Waals surface area (Å²) in [6, 6.07) is 17.8. The number of rotatable bonds is 5. The van der Waals surface area contributed by atoms with Gasteiger partial charge in [0.15, 0.2) is 5.76 Å². The van der Waals surface area contributed by atoms with Crippen LogP contribution in [0.3, 0.4) is 0 Å². The van der Waals surface area contributed by atoms with Gasteiger partial charge in [0.2, 0.25) is 0 Å². The predicted octanol–water partition coefficient (Wildman–Crippen LogP) is 4.40. The first kappa shape index (κ1) is 16.0. The second-order valence-electron chi connectivity index (χ2n) is 6.01. The molecule has 0 spiro atoms. The van der Waals surface area contributed by atoms with Crippen LogP contribution in [-0.2, 0) is 6.54 Å². The minimum absolute atomic E-state index is 0.192. The van der Waals surface area contributed by atoms with Crippen LogP contribution in [0.25, 0.3) is 11.3 Å². The van der Waals surface area contributed by atoms with Crippen LogP contribution in [0.5, 0.6) is 0 Å². The number of carbonyl (C=O) groups is 1. The van der Waals surface area contributed by atoms with Crippen molar-refractivity contribution in [1.29, 1.82) is 0 Å². The summed E-state index contributed by atoms with van der Waals surface area (Å²) in [4.78, 5) is 12.4. The lowest BCUT2D eigenvalue weighted by atomic mass is 10.0. The summed E-state index contributed by atoms with van der Waals surface area (Å²) >= 11 is 0. The molecule has 1 N–H and O–H groups in total. The molecule has 0 aliphatic heterocycles. The second kappa shape index (κ2) is 7.13. The monoisotopic (exact) mass is 320 g/mol. The highest BCUT2D eigenvalue weighted by molar-refractivity contribution is 5.99. The Morgan fingerprint density at radius 3 is 2.46 bits per heavy atom. The van der Waals surface area contributed by atoms with Crippen LogP contribution in [-0.4, -0.2) is 11.1 Å². The highest BCUT2D eigenvalue weighted by Gasteiger charge is 2.17. The van der Waals surface area contributed by atoms with Crippen molar-refractivity contribution in [2.24, 2.45) is 0 Å². The number of carbonyl (C=O) groups excluding carboxylic acids is 1. The van der Waals surface area contributed by atoms with Crippen molar-refractivity contribution in [3.63, 3.8) is 0 Å². The standard InChI is InChI=1S/C20H20N2O2/c1-14(2)16-10-8-15(9-11-16)12-21-20(23)18-13-22-24-19(18)17-6-4-3-5-7-17/h3-11,13-14H,12H2,1-2H3,(H,21,23). The van der Waals surface area contributed by atoms with Gasteiger partial charge in [-0.05, 0) is 17.0 Å². The molecule has 3 rings (SSSR count). The van der Waals surface area contributed by atoms with E-state index in [0.717, 1.165) is 11.1 Å². The molecule has 0 saturated carbocycles. The largest absolute Gasteiger partial charge is 0.355 e. The molecule has 0 fully saturated rings. The third-order valence-electron chi connectivity index (χ3n) is 3.95. The van der Waals surface area contributed by atoms with E-state index in [1.807, 2.05) is 42.5 Å². The van der Waals surface area contributed by atoms with Gasteiger partial charge in [0.05, 0.1) is 6.20 Å². The molecule has 122 valence electrons. The van der Waals surface area contributed by atoms with Gasteiger partial charge >= 0.3 is 0 Å². The van der Waals surface area contributed by atoms with E-state index in [9.17, 15) is 4.79 Å². The minimum atomic E-state index is -0.192. The molecule has 1 amide bonds. The molecule has 4 nitrogen and oxygen atoms in total. The molecule has 4 heteroatoms. The van der Waals surface area contributed by atoms with Crippen LogP contribution in [0.15, 0.2) is 65.3 Å². The molecule has 0 bridgehead atoms. The molecule has 0 aliphatic rings. The Balaban J connectivity index is 1.69. The summed E-state index contributed by atoms with van der Waals surface area (Å²) in [6.45, 7) is 4.79. The molecule has 0 atom stereocenters. The number of hydrogen-bond donors (Lipinski definition) is 1. The maximum atomic E-state index is 12.4. The third kappa shape index (κ3) is 3.54. The summed E-state index contributed by atoms with van der Waals surface area (Å²) < 4.78 is 5.26. The molecule has 3 aromatic rings. The number of benzene rings is 2. The van der Waals surface area contributed by atoms with Gasteiger partial charge in [-0.25, -0.2) is 0 Å². The number of aromatic nitrogens is 1. The Morgan fingerprint density at radius 2 is 1.79 bits per heavy atom. The Kier molecular flexibility index (Phi) is 4.75. The molecule has 24 heavy (non-hydrogen) atoms. The van der Waals surface area contributed by atoms with E-state index in [1.165, 1.54) is 11.8 Å². The van der Waals surface area contributed by atoms with Crippen molar-refractivity contribution in [1.82, 2.24) is 10.5 Å². The lowest BCUT2D eigenvalue weighted by Crippen LogP contribution is -2.22. The second-order valence-corrected chi connectivity index (χ2v) is 6.01. The molecule has 0 unspecified atom stereocenters. The van der Waals surface area contributed by atoms with Crippen LogP contribution >= 0.6 is 0 Å². The fourth-order valence-corrected chi connectivity index (χ4v) is 2.50. The predicted molar refractivity (Wildman–Crippen MR) is 93.6 cm³/mol. The van der Waals surface area contributed by atoms with Gasteiger partial charge in [0.25, 0.3) is 5.91 Å². The Labute approximate surface area is 141 Å². The average molecular weight is 320 g/mol. The first-order valence-corrected chi connectivity index (χ1v) is 8.02. The van der Waals surface area contributed by atoms with Crippen LogP contribution in [0.2, 0.25) is 0 Å². The van der Waals surface area contributed by atoms with Gasteiger partial charge in [-0.1, -0.05) is 73.6 Å². The van der Waals surface area contributed by atoms with E-state index in [-0.39, 0.29) is 5.91 Å². The highest BCUT2D eigenvalue weighted by Crippen LogP contribution is 2.23. The third-order valence-corrected chi connectivity index (χ3v) is 3.95. The molecule has 0 radical (unpaired) electrons. The fraction of sp³-hybridized carbons (Fsp3) is 0.200. The molecule has 1 heterocycles. The summed E-state index contributed by atoms with van der Waals surface area (Å²) in [5, 5.41) is 6.69. The average Bonchev–Trinajstić information content (AvgIpc) is 3.10. The first-order chi connectivity index (χ1) is 11.6. The zero-order chi connectivity index (χ0) is 16.9. The summed E-state index contributed by atoms with van der Waals surface area (Å²) in [6.07, 6.45) is 1.46. The van der Waals surface area contributed by atoms with Crippen LogP contribution in [0, 0.1) is 0 Å². The van der Waals surface area contributed by atoms with Gasteiger partial charge < -0.3 is 9.84 Å². The van der Waals surface area contributed by atoms with E-state index in [4.69, 9.17) is 4.52 Å². The lowest BCUT2D eigenvalue weighted by Gasteiger charge is -2.08. The number of amides is 1. The molecule has 0 aliphatic carbocycles.